The van der Waals surface area contributed by atoms with Crippen molar-refractivity contribution in [2.75, 3.05) is 12.0 Å². The topological polar surface area (TPSA) is 66.8 Å². The van der Waals surface area contributed by atoms with E-state index in [0.717, 1.165) is 10.4 Å². The number of aryl methyl sites for hydroxylation is 1. The van der Waals surface area contributed by atoms with Crippen LogP contribution in [0.5, 0.6) is 5.75 Å². The highest BCUT2D eigenvalue weighted by molar-refractivity contribution is 7.10. The van der Waals surface area contributed by atoms with E-state index in [2.05, 4.69) is 0 Å². The van der Waals surface area contributed by atoms with Crippen LogP contribution in [0.15, 0.2) is 65.6 Å². The number of hydrogen-bond donors (Lipinski definition) is 1. The average molecular weight is 423 g/mol. The van der Waals surface area contributed by atoms with Gasteiger partial charge >= 0.3 is 0 Å². The summed E-state index contributed by atoms with van der Waals surface area (Å²) in [7, 11) is 1.54. The Morgan fingerprint density at radius 2 is 1.73 bits per heavy atom. The van der Waals surface area contributed by atoms with Crippen LogP contribution >= 0.6 is 11.3 Å². The summed E-state index contributed by atoms with van der Waals surface area (Å²) in [4.78, 5) is 28.2. The molecule has 0 aliphatic carbocycles. The highest BCUT2D eigenvalue weighted by Gasteiger charge is 2.47. The summed E-state index contributed by atoms with van der Waals surface area (Å²) in [5.74, 6) is -1.70. The Morgan fingerprint density at radius 3 is 2.30 bits per heavy atom. The van der Waals surface area contributed by atoms with Gasteiger partial charge in [0.25, 0.3) is 11.7 Å². The monoisotopic (exact) mass is 423 g/mol. The summed E-state index contributed by atoms with van der Waals surface area (Å²) in [5, 5.41) is 12.8. The minimum absolute atomic E-state index is 0.0204. The van der Waals surface area contributed by atoms with Crippen molar-refractivity contribution in [3.05, 3.63) is 87.4 Å². The van der Waals surface area contributed by atoms with E-state index in [0.29, 0.717) is 11.4 Å². The summed E-state index contributed by atoms with van der Waals surface area (Å²) in [6.45, 7) is 1.89. The van der Waals surface area contributed by atoms with Crippen molar-refractivity contribution in [1.82, 2.24) is 0 Å². The van der Waals surface area contributed by atoms with E-state index in [1.54, 1.807) is 31.4 Å². The maximum Gasteiger partial charge on any atom is 0.300 e. The summed E-state index contributed by atoms with van der Waals surface area (Å²) in [5.41, 5.74) is 1.65. The van der Waals surface area contributed by atoms with Gasteiger partial charge < -0.3 is 9.84 Å². The molecule has 1 amide bonds. The molecule has 1 fully saturated rings. The number of benzene rings is 2. The number of carbonyl (C=O) groups is 2. The maximum absolute atomic E-state index is 13.3. The van der Waals surface area contributed by atoms with Crippen molar-refractivity contribution in [2.24, 2.45) is 0 Å². The van der Waals surface area contributed by atoms with Crippen LogP contribution in [0.25, 0.3) is 5.76 Å². The number of aliphatic hydroxyl groups excluding tert-OH is 1. The van der Waals surface area contributed by atoms with Gasteiger partial charge in [-0.05, 0) is 72.5 Å². The Labute approximate surface area is 176 Å². The zero-order chi connectivity index (χ0) is 21.4. The fourth-order valence-electron chi connectivity index (χ4n) is 3.52. The molecule has 0 spiro atoms. The zero-order valence-corrected chi connectivity index (χ0v) is 17.1. The third kappa shape index (κ3) is 3.27. The molecule has 1 atom stereocenters. The first-order chi connectivity index (χ1) is 14.4. The molecule has 5 nitrogen and oxygen atoms in total. The van der Waals surface area contributed by atoms with E-state index in [1.165, 1.54) is 40.5 Å². The van der Waals surface area contributed by atoms with Crippen molar-refractivity contribution in [1.29, 1.82) is 0 Å². The largest absolute Gasteiger partial charge is 0.507 e. The van der Waals surface area contributed by atoms with Crippen LogP contribution in [-0.4, -0.2) is 23.9 Å². The summed E-state index contributed by atoms with van der Waals surface area (Å²) < 4.78 is 18.5. The number of halogens is 1. The highest BCUT2D eigenvalue weighted by Crippen LogP contribution is 2.45. The lowest BCUT2D eigenvalue weighted by Gasteiger charge is -2.25. The number of methoxy groups -OCH3 is 1. The number of ether oxygens (including phenoxy) is 1. The highest BCUT2D eigenvalue weighted by atomic mass is 32.1. The Kier molecular flexibility index (Phi) is 5.13. The van der Waals surface area contributed by atoms with E-state index in [-0.39, 0.29) is 16.9 Å². The molecule has 7 heteroatoms. The Bertz CT molecular complexity index is 1150. The molecule has 30 heavy (non-hydrogen) atoms. The van der Waals surface area contributed by atoms with E-state index in [4.69, 9.17) is 4.74 Å². The van der Waals surface area contributed by atoms with Gasteiger partial charge in [-0.1, -0.05) is 0 Å². The molecule has 1 aliphatic rings. The van der Waals surface area contributed by atoms with Crippen LogP contribution in [0.2, 0.25) is 0 Å². The molecule has 2 heterocycles. The number of carbonyl (C=O) groups excluding carboxylic acids is 2. The van der Waals surface area contributed by atoms with Gasteiger partial charge in [0.1, 0.15) is 23.4 Å². The van der Waals surface area contributed by atoms with Gasteiger partial charge in [-0.3, -0.25) is 14.5 Å². The first-order valence-corrected chi connectivity index (χ1v) is 10.1. The number of Topliss-reactive ketones (excluding diaryl/α,β-unsaturated/α-hetero) is 1. The van der Waals surface area contributed by atoms with Gasteiger partial charge in [-0.2, -0.15) is 0 Å². The lowest BCUT2D eigenvalue weighted by Crippen LogP contribution is -2.29. The molecule has 1 saturated heterocycles. The van der Waals surface area contributed by atoms with Gasteiger partial charge in [0, 0.05) is 16.1 Å². The smallest absolute Gasteiger partial charge is 0.300 e. The summed E-state index contributed by atoms with van der Waals surface area (Å²) >= 11 is 1.40. The first kappa shape index (κ1) is 19.8. The Hall–Kier alpha value is -3.45. The quantitative estimate of drug-likeness (QED) is 0.371. The number of thiophene rings is 1. The third-order valence-corrected chi connectivity index (χ3v) is 6.13. The van der Waals surface area contributed by atoms with E-state index >= 15 is 0 Å². The second-order valence-electron chi connectivity index (χ2n) is 6.84. The van der Waals surface area contributed by atoms with Crippen molar-refractivity contribution < 1.29 is 23.8 Å². The molecule has 0 bridgehead atoms. The van der Waals surface area contributed by atoms with Crippen LogP contribution in [0.3, 0.4) is 0 Å². The lowest BCUT2D eigenvalue weighted by atomic mass is 9.98. The van der Waals surface area contributed by atoms with Gasteiger partial charge in [0.05, 0.1) is 12.7 Å². The molecule has 4 rings (SSSR count). The maximum atomic E-state index is 13.3. The van der Waals surface area contributed by atoms with Gasteiger partial charge in [-0.25, -0.2) is 4.39 Å². The molecule has 1 aliphatic heterocycles. The molecule has 1 unspecified atom stereocenters. The molecule has 2 aromatic carbocycles. The third-order valence-electron chi connectivity index (χ3n) is 5.06. The number of amides is 1. The lowest BCUT2D eigenvalue weighted by molar-refractivity contribution is -0.132. The number of hydrogen-bond acceptors (Lipinski definition) is 5. The van der Waals surface area contributed by atoms with Gasteiger partial charge in [0.2, 0.25) is 0 Å². The SMILES string of the molecule is COc1ccc(N2C(=O)C(=O)/C(=C(\O)c3ccc(F)cc3)C2c2sccc2C)cc1. The van der Waals surface area contributed by atoms with Crippen molar-refractivity contribution >= 4 is 34.5 Å². The fourth-order valence-corrected chi connectivity index (χ4v) is 4.54. The fraction of sp³-hybridized carbons (Fsp3) is 0.130. The molecule has 1 aromatic heterocycles. The molecule has 1 N–H and O–H groups in total. The minimum Gasteiger partial charge on any atom is -0.507 e. The first-order valence-electron chi connectivity index (χ1n) is 9.17. The van der Waals surface area contributed by atoms with Crippen LogP contribution in [0.4, 0.5) is 10.1 Å². The predicted molar refractivity (Wildman–Crippen MR) is 113 cm³/mol. The van der Waals surface area contributed by atoms with Gasteiger partial charge in [-0.15, -0.1) is 11.3 Å². The van der Waals surface area contributed by atoms with Crippen LogP contribution in [0.1, 0.15) is 22.0 Å². The number of anilines is 1. The summed E-state index contributed by atoms with van der Waals surface area (Å²) in [6.07, 6.45) is 0. The average Bonchev–Trinajstić information content (AvgIpc) is 3.29. The normalized spacial score (nSPS) is 18.1. The van der Waals surface area contributed by atoms with E-state index in [1.807, 2.05) is 18.4 Å². The Morgan fingerprint density at radius 1 is 1.07 bits per heavy atom. The van der Waals surface area contributed by atoms with Crippen molar-refractivity contribution in [3.63, 3.8) is 0 Å². The number of rotatable bonds is 4. The van der Waals surface area contributed by atoms with Crippen LogP contribution in [-0.2, 0) is 9.59 Å². The van der Waals surface area contributed by atoms with Crippen molar-refractivity contribution in [3.8, 4) is 5.75 Å². The zero-order valence-electron chi connectivity index (χ0n) is 16.3. The van der Waals surface area contributed by atoms with E-state index < -0.39 is 23.5 Å². The second-order valence-corrected chi connectivity index (χ2v) is 7.79. The summed E-state index contributed by atoms with van der Waals surface area (Å²) in [6, 6.07) is 13.0. The molecule has 0 saturated carbocycles. The Balaban J connectivity index is 1.92. The molecular formula is C23H18FNO4S. The molecule has 152 valence electrons. The van der Waals surface area contributed by atoms with E-state index in [9.17, 15) is 19.1 Å². The van der Waals surface area contributed by atoms with Gasteiger partial charge in [0.15, 0.2) is 0 Å². The minimum atomic E-state index is -0.788. The molecular weight excluding hydrogens is 405 g/mol. The molecule has 3 aromatic rings. The standard InChI is InChI=1S/C23H18FNO4S/c1-13-11-12-30-22(13)19-18(20(26)14-3-5-15(24)6-4-14)21(27)23(28)25(19)16-7-9-17(29-2)10-8-16/h3-12,19,26H,1-2H3/b20-18-. The number of aliphatic hydroxyl groups is 1. The number of ketones is 1. The van der Waals surface area contributed by atoms with Crippen molar-refractivity contribution in [2.45, 2.75) is 13.0 Å². The van der Waals surface area contributed by atoms with Crippen LogP contribution < -0.4 is 9.64 Å². The molecule has 0 radical (unpaired) electrons. The number of nitrogens with zero attached hydrogens (tertiary/aromatic N) is 1. The van der Waals surface area contributed by atoms with Crippen LogP contribution in [0, 0.1) is 12.7 Å². The predicted octanol–water partition coefficient (Wildman–Crippen LogP) is 4.83. The second kappa shape index (κ2) is 7.76.